The van der Waals surface area contributed by atoms with Crippen molar-refractivity contribution in [2.75, 3.05) is 0 Å². The second-order valence-electron chi connectivity index (χ2n) is 6.32. The quantitative estimate of drug-likeness (QED) is 0.540. The lowest BCUT2D eigenvalue weighted by atomic mass is 9.71. The van der Waals surface area contributed by atoms with Gasteiger partial charge in [0.15, 0.2) is 5.78 Å². The van der Waals surface area contributed by atoms with E-state index < -0.39 is 10.8 Å². The van der Waals surface area contributed by atoms with Gasteiger partial charge in [0.1, 0.15) is 5.78 Å². The van der Waals surface area contributed by atoms with Crippen LogP contribution in [-0.2, 0) is 9.59 Å². The van der Waals surface area contributed by atoms with Crippen LogP contribution in [0.3, 0.4) is 0 Å². The van der Waals surface area contributed by atoms with Gasteiger partial charge in [0.05, 0.1) is 5.41 Å². The Labute approximate surface area is 104 Å². The summed E-state index contributed by atoms with van der Waals surface area (Å²) in [5.74, 6) is 0.648. The van der Waals surface area contributed by atoms with Crippen molar-refractivity contribution in [1.82, 2.24) is 0 Å². The fraction of sp³-hybridized carbons (Fsp3) is 0.733. The molecule has 1 atom stereocenters. The topological polar surface area (TPSA) is 34.1 Å². The van der Waals surface area contributed by atoms with Crippen molar-refractivity contribution in [3.05, 3.63) is 12.7 Å². The largest absolute Gasteiger partial charge is 0.299 e. The Morgan fingerprint density at radius 2 is 1.94 bits per heavy atom. The fourth-order valence-corrected chi connectivity index (χ4v) is 3.03. The van der Waals surface area contributed by atoms with E-state index in [1.807, 2.05) is 13.8 Å². The van der Waals surface area contributed by atoms with E-state index in [2.05, 4.69) is 20.4 Å². The molecule has 0 aromatic heterocycles. The van der Waals surface area contributed by atoms with Gasteiger partial charge in [-0.15, -0.1) is 6.58 Å². The third-order valence-corrected chi connectivity index (χ3v) is 3.72. The molecule has 2 nitrogen and oxygen atoms in total. The molecule has 2 heteroatoms. The first-order valence-corrected chi connectivity index (χ1v) is 6.45. The summed E-state index contributed by atoms with van der Waals surface area (Å²) in [5, 5.41) is 0. The van der Waals surface area contributed by atoms with E-state index in [0.29, 0.717) is 25.2 Å². The number of hydrogen-bond donors (Lipinski definition) is 0. The van der Waals surface area contributed by atoms with Gasteiger partial charge in [-0.1, -0.05) is 33.8 Å². The van der Waals surface area contributed by atoms with Gasteiger partial charge >= 0.3 is 0 Å². The molecule has 0 bridgehead atoms. The van der Waals surface area contributed by atoms with Gasteiger partial charge in [0.25, 0.3) is 0 Å². The van der Waals surface area contributed by atoms with Crippen molar-refractivity contribution in [1.29, 1.82) is 0 Å². The Hall–Kier alpha value is -0.920. The van der Waals surface area contributed by atoms with Crippen LogP contribution in [-0.4, -0.2) is 11.6 Å². The average molecular weight is 236 g/mol. The van der Waals surface area contributed by atoms with E-state index in [0.717, 1.165) is 6.42 Å². The number of allylic oxidation sites excluding steroid dienone is 1. The molecule has 1 rings (SSSR count). The molecule has 1 saturated carbocycles. The molecule has 1 fully saturated rings. The average Bonchev–Trinajstić information content (AvgIpc) is 2.36. The molecular formula is C15H24O2. The third kappa shape index (κ3) is 2.51. The molecule has 96 valence electrons. The first kappa shape index (κ1) is 14.1. The summed E-state index contributed by atoms with van der Waals surface area (Å²) >= 11 is 0. The molecule has 0 aliphatic heterocycles. The highest BCUT2D eigenvalue weighted by atomic mass is 16.2. The summed E-state index contributed by atoms with van der Waals surface area (Å²) in [4.78, 5) is 24.9. The van der Waals surface area contributed by atoms with Gasteiger partial charge in [-0.2, -0.15) is 0 Å². The molecule has 1 unspecified atom stereocenters. The predicted octanol–water partition coefficient (Wildman–Crippen LogP) is 3.55. The molecule has 0 radical (unpaired) electrons. The molecule has 0 heterocycles. The standard InChI is InChI=1S/C15H24O2/c1-6-7-8-15(9-11(2)3)12(16)10-14(4,5)13(15)17/h6,11H,1,7-10H2,2-5H3. The normalized spacial score (nSPS) is 27.8. The summed E-state index contributed by atoms with van der Waals surface area (Å²) in [5.41, 5.74) is -1.21. The highest BCUT2D eigenvalue weighted by Crippen LogP contribution is 2.49. The van der Waals surface area contributed by atoms with E-state index in [1.54, 1.807) is 6.08 Å². The maximum Gasteiger partial charge on any atom is 0.152 e. The molecule has 0 aromatic rings. The Morgan fingerprint density at radius 3 is 2.29 bits per heavy atom. The van der Waals surface area contributed by atoms with Crippen molar-refractivity contribution in [3.63, 3.8) is 0 Å². The van der Waals surface area contributed by atoms with E-state index in [9.17, 15) is 9.59 Å². The van der Waals surface area contributed by atoms with E-state index in [-0.39, 0.29) is 11.6 Å². The Morgan fingerprint density at radius 1 is 1.35 bits per heavy atom. The van der Waals surface area contributed by atoms with Crippen LogP contribution in [0.2, 0.25) is 0 Å². The molecule has 0 aromatic carbocycles. The van der Waals surface area contributed by atoms with Crippen molar-refractivity contribution in [2.24, 2.45) is 16.7 Å². The van der Waals surface area contributed by atoms with Crippen molar-refractivity contribution in [3.8, 4) is 0 Å². The number of carbonyl (C=O) groups is 2. The monoisotopic (exact) mass is 236 g/mol. The van der Waals surface area contributed by atoms with E-state index in [1.165, 1.54) is 0 Å². The highest BCUT2D eigenvalue weighted by Gasteiger charge is 2.57. The van der Waals surface area contributed by atoms with Gasteiger partial charge in [0, 0.05) is 11.8 Å². The zero-order chi connectivity index (χ0) is 13.3. The van der Waals surface area contributed by atoms with Crippen LogP contribution >= 0.6 is 0 Å². The Bertz CT molecular complexity index is 339. The van der Waals surface area contributed by atoms with Gasteiger partial charge in [-0.05, 0) is 25.2 Å². The number of Topliss-reactive ketones (excluding diaryl/α,β-unsaturated/α-hetero) is 2. The summed E-state index contributed by atoms with van der Waals surface area (Å²) in [6.45, 7) is 11.6. The Kier molecular flexibility index (Phi) is 3.95. The molecular weight excluding hydrogens is 212 g/mol. The molecule has 0 saturated heterocycles. The van der Waals surface area contributed by atoms with Crippen LogP contribution in [0.4, 0.5) is 0 Å². The van der Waals surface area contributed by atoms with Gasteiger partial charge in [-0.25, -0.2) is 0 Å². The van der Waals surface area contributed by atoms with Crippen LogP contribution in [0, 0.1) is 16.7 Å². The van der Waals surface area contributed by atoms with Crippen LogP contribution in [0.1, 0.15) is 53.4 Å². The van der Waals surface area contributed by atoms with Gasteiger partial charge in [-0.3, -0.25) is 9.59 Å². The van der Waals surface area contributed by atoms with Gasteiger partial charge < -0.3 is 0 Å². The zero-order valence-electron chi connectivity index (χ0n) is 11.5. The molecule has 0 spiro atoms. The maximum atomic E-state index is 12.5. The second-order valence-corrected chi connectivity index (χ2v) is 6.32. The van der Waals surface area contributed by atoms with Crippen molar-refractivity contribution in [2.45, 2.75) is 53.4 Å². The number of carbonyl (C=O) groups excluding carboxylic acids is 2. The summed E-state index contributed by atoms with van der Waals surface area (Å²) in [7, 11) is 0. The van der Waals surface area contributed by atoms with Gasteiger partial charge in [0.2, 0.25) is 0 Å². The highest BCUT2D eigenvalue weighted by molar-refractivity contribution is 6.15. The van der Waals surface area contributed by atoms with Crippen LogP contribution < -0.4 is 0 Å². The summed E-state index contributed by atoms with van der Waals surface area (Å²) < 4.78 is 0. The number of hydrogen-bond acceptors (Lipinski definition) is 2. The predicted molar refractivity (Wildman–Crippen MR) is 69.7 cm³/mol. The van der Waals surface area contributed by atoms with E-state index >= 15 is 0 Å². The van der Waals surface area contributed by atoms with Crippen molar-refractivity contribution >= 4 is 11.6 Å². The maximum absolute atomic E-state index is 12.5. The second kappa shape index (κ2) is 4.75. The first-order chi connectivity index (χ1) is 7.76. The SMILES string of the molecule is C=CCCC1(CC(C)C)C(=O)CC(C)(C)C1=O. The van der Waals surface area contributed by atoms with Crippen molar-refractivity contribution < 1.29 is 9.59 Å². The zero-order valence-corrected chi connectivity index (χ0v) is 11.5. The van der Waals surface area contributed by atoms with E-state index in [4.69, 9.17) is 0 Å². The number of rotatable bonds is 5. The minimum Gasteiger partial charge on any atom is -0.299 e. The molecule has 1 aliphatic rings. The van der Waals surface area contributed by atoms with Crippen LogP contribution in [0.25, 0.3) is 0 Å². The first-order valence-electron chi connectivity index (χ1n) is 6.45. The molecule has 0 amide bonds. The summed E-state index contributed by atoms with van der Waals surface area (Å²) in [6.07, 6.45) is 4.25. The lowest BCUT2D eigenvalue weighted by molar-refractivity contribution is -0.138. The Balaban J connectivity index is 3.08. The molecule has 1 aliphatic carbocycles. The third-order valence-electron chi connectivity index (χ3n) is 3.72. The molecule has 0 N–H and O–H groups in total. The summed E-state index contributed by atoms with van der Waals surface area (Å²) in [6, 6.07) is 0. The minimum absolute atomic E-state index is 0.142. The minimum atomic E-state index is -0.730. The molecule has 17 heavy (non-hydrogen) atoms. The van der Waals surface area contributed by atoms with Crippen LogP contribution in [0.15, 0.2) is 12.7 Å². The lowest BCUT2D eigenvalue weighted by Gasteiger charge is -2.29. The fourth-order valence-electron chi connectivity index (χ4n) is 3.03. The smallest absolute Gasteiger partial charge is 0.152 e. The lowest BCUT2D eigenvalue weighted by Crippen LogP contribution is -2.37. The number of ketones is 2. The van der Waals surface area contributed by atoms with Crippen LogP contribution in [0.5, 0.6) is 0 Å².